The van der Waals surface area contributed by atoms with Gasteiger partial charge in [-0.3, -0.25) is 4.79 Å². The fourth-order valence-corrected chi connectivity index (χ4v) is 1.01. The zero-order chi connectivity index (χ0) is 10.7. The Balaban J connectivity index is 3.28. The van der Waals surface area contributed by atoms with Crippen LogP contribution in [0.15, 0.2) is 12.1 Å². The SMILES string of the molecule is CCC(=O)c1ccc(F)nc1C(=O)O. The lowest BCUT2D eigenvalue weighted by Gasteiger charge is -2.01. The van der Waals surface area contributed by atoms with Crippen LogP contribution in [0, 0.1) is 5.95 Å². The van der Waals surface area contributed by atoms with Crippen molar-refractivity contribution in [3.05, 3.63) is 29.3 Å². The molecule has 0 aliphatic heterocycles. The number of pyridine rings is 1. The molecule has 4 nitrogen and oxygen atoms in total. The van der Waals surface area contributed by atoms with E-state index in [1.165, 1.54) is 0 Å². The quantitative estimate of drug-likeness (QED) is 0.589. The summed E-state index contributed by atoms with van der Waals surface area (Å²) < 4.78 is 12.6. The first-order valence-electron chi connectivity index (χ1n) is 3.99. The summed E-state index contributed by atoms with van der Waals surface area (Å²) >= 11 is 0. The first kappa shape index (κ1) is 10.3. The maximum Gasteiger partial charge on any atom is 0.355 e. The largest absolute Gasteiger partial charge is 0.476 e. The van der Waals surface area contributed by atoms with E-state index in [2.05, 4.69) is 4.98 Å². The average molecular weight is 197 g/mol. The highest BCUT2D eigenvalue weighted by Gasteiger charge is 2.17. The lowest BCUT2D eigenvalue weighted by Crippen LogP contribution is -2.11. The van der Waals surface area contributed by atoms with Gasteiger partial charge in [-0.15, -0.1) is 0 Å². The Morgan fingerprint density at radius 2 is 2.14 bits per heavy atom. The Kier molecular flexibility index (Phi) is 2.91. The third-order valence-electron chi connectivity index (χ3n) is 1.69. The normalized spacial score (nSPS) is 9.86. The fraction of sp³-hybridized carbons (Fsp3) is 0.222. The number of halogens is 1. The number of aromatic carboxylic acids is 1. The van der Waals surface area contributed by atoms with Gasteiger partial charge in [0.25, 0.3) is 0 Å². The van der Waals surface area contributed by atoms with Crippen molar-refractivity contribution in [2.75, 3.05) is 0 Å². The number of hydrogen-bond acceptors (Lipinski definition) is 3. The molecule has 0 amide bonds. The zero-order valence-corrected chi connectivity index (χ0v) is 7.45. The molecule has 0 radical (unpaired) electrons. The third-order valence-corrected chi connectivity index (χ3v) is 1.69. The molecule has 1 aromatic rings. The Bertz CT molecular complexity index is 390. The molecular formula is C9H8FNO3. The summed E-state index contributed by atoms with van der Waals surface area (Å²) in [5, 5.41) is 8.65. The molecule has 0 saturated carbocycles. The van der Waals surface area contributed by atoms with Gasteiger partial charge in [-0.2, -0.15) is 4.39 Å². The van der Waals surface area contributed by atoms with Gasteiger partial charge in [0.2, 0.25) is 5.95 Å². The number of nitrogens with zero attached hydrogens (tertiary/aromatic N) is 1. The molecule has 1 heterocycles. The second kappa shape index (κ2) is 3.95. The number of ketones is 1. The van der Waals surface area contributed by atoms with Gasteiger partial charge in [-0.05, 0) is 12.1 Å². The first-order chi connectivity index (χ1) is 6.56. The van der Waals surface area contributed by atoms with Crippen molar-refractivity contribution in [2.24, 2.45) is 0 Å². The predicted molar refractivity (Wildman–Crippen MR) is 45.8 cm³/mol. The molecule has 0 unspecified atom stereocenters. The Morgan fingerprint density at radius 3 is 2.64 bits per heavy atom. The molecule has 0 spiro atoms. The van der Waals surface area contributed by atoms with Gasteiger partial charge in [0.1, 0.15) is 0 Å². The number of aromatic nitrogens is 1. The van der Waals surface area contributed by atoms with Crippen molar-refractivity contribution >= 4 is 11.8 Å². The molecule has 0 aliphatic carbocycles. The van der Waals surface area contributed by atoms with Crippen LogP contribution in [0.4, 0.5) is 4.39 Å². The Morgan fingerprint density at radius 1 is 1.50 bits per heavy atom. The number of Topliss-reactive ketones (excluding diaryl/α,β-unsaturated/α-hetero) is 1. The minimum absolute atomic E-state index is 0.0543. The Hall–Kier alpha value is -1.78. The van der Waals surface area contributed by atoms with Crippen molar-refractivity contribution in [1.82, 2.24) is 4.98 Å². The van der Waals surface area contributed by atoms with Crippen LogP contribution in [0.3, 0.4) is 0 Å². The molecule has 1 N–H and O–H groups in total. The van der Waals surface area contributed by atoms with E-state index in [4.69, 9.17) is 5.11 Å². The van der Waals surface area contributed by atoms with Gasteiger partial charge in [-0.25, -0.2) is 9.78 Å². The molecule has 0 aromatic carbocycles. The van der Waals surface area contributed by atoms with Gasteiger partial charge in [0, 0.05) is 6.42 Å². The average Bonchev–Trinajstić information content (AvgIpc) is 2.16. The molecule has 5 heteroatoms. The maximum atomic E-state index is 12.6. The van der Waals surface area contributed by atoms with Gasteiger partial charge in [0.15, 0.2) is 11.5 Å². The second-order valence-corrected chi connectivity index (χ2v) is 2.61. The van der Waals surface area contributed by atoms with Crippen LogP contribution < -0.4 is 0 Å². The summed E-state index contributed by atoms with van der Waals surface area (Å²) in [6.07, 6.45) is 0.160. The van der Waals surface area contributed by atoms with E-state index in [9.17, 15) is 14.0 Å². The second-order valence-electron chi connectivity index (χ2n) is 2.61. The minimum atomic E-state index is -1.40. The van der Waals surface area contributed by atoms with Crippen molar-refractivity contribution < 1.29 is 19.1 Å². The summed E-state index contributed by atoms with van der Waals surface area (Å²) in [7, 11) is 0. The predicted octanol–water partition coefficient (Wildman–Crippen LogP) is 1.51. The van der Waals surface area contributed by atoms with Gasteiger partial charge < -0.3 is 5.11 Å². The summed E-state index contributed by atoms with van der Waals surface area (Å²) in [5.74, 6) is -2.67. The molecule has 0 aliphatic rings. The smallest absolute Gasteiger partial charge is 0.355 e. The fourth-order valence-electron chi connectivity index (χ4n) is 1.01. The standard InChI is InChI=1S/C9H8FNO3/c1-2-6(12)5-3-4-7(10)11-8(5)9(13)14/h3-4H,2H2,1H3,(H,13,14). The Labute approximate surface area is 79.4 Å². The molecule has 0 fully saturated rings. The highest BCUT2D eigenvalue weighted by atomic mass is 19.1. The molecule has 0 saturated heterocycles. The number of carboxylic acid groups (broad SMARTS) is 1. The molecule has 14 heavy (non-hydrogen) atoms. The van der Waals surface area contributed by atoms with Crippen molar-refractivity contribution in [3.63, 3.8) is 0 Å². The van der Waals surface area contributed by atoms with Crippen LogP contribution >= 0.6 is 0 Å². The van der Waals surface area contributed by atoms with Crippen LogP contribution in [0.2, 0.25) is 0 Å². The van der Waals surface area contributed by atoms with Crippen LogP contribution in [0.5, 0.6) is 0 Å². The van der Waals surface area contributed by atoms with Crippen LogP contribution in [0.25, 0.3) is 0 Å². The lowest BCUT2D eigenvalue weighted by atomic mass is 10.1. The molecular weight excluding hydrogens is 189 g/mol. The monoisotopic (exact) mass is 197 g/mol. The van der Waals surface area contributed by atoms with Crippen LogP contribution in [0.1, 0.15) is 34.2 Å². The third kappa shape index (κ3) is 1.93. The van der Waals surface area contributed by atoms with Crippen molar-refractivity contribution in [1.29, 1.82) is 0 Å². The number of rotatable bonds is 3. The summed E-state index contributed by atoms with van der Waals surface area (Å²) in [6, 6.07) is 2.10. The molecule has 0 bridgehead atoms. The van der Waals surface area contributed by atoms with E-state index >= 15 is 0 Å². The summed E-state index contributed by atoms with van der Waals surface area (Å²) in [6.45, 7) is 1.59. The number of carboxylic acids is 1. The van der Waals surface area contributed by atoms with E-state index in [0.717, 1.165) is 12.1 Å². The van der Waals surface area contributed by atoms with Gasteiger partial charge >= 0.3 is 5.97 Å². The van der Waals surface area contributed by atoms with E-state index < -0.39 is 17.6 Å². The number of hydrogen-bond donors (Lipinski definition) is 1. The zero-order valence-electron chi connectivity index (χ0n) is 7.45. The van der Waals surface area contributed by atoms with E-state index in [-0.39, 0.29) is 17.8 Å². The van der Waals surface area contributed by atoms with E-state index in [1.807, 2.05) is 0 Å². The van der Waals surface area contributed by atoms with Crippen molar-refractivity contribution in [3.8, 4) is 0 Å². The maximum absolute atomic E-state index is 12.6. The molecule has 0 atom stereocenters. The van der Waals surface area contributed by atoms with E-state index in [0.29, 0.717) is 0 Å². The highest BCUT2D eigenvalue weighted by Crippen LogP contribution is 2.10. The number of carbonyl (C=O) groups excluding carboxylic acids is 1. The number of carbonyl (C=O) groups is 2. The van der Waals surface area contributed by atoms with Crippen LogP contribution in [-0.4, -0.2) is 21.8 Å². The summed E-state index contributed by atoms with van der Waals surface area (Å²) in [5.41, 5.74) is -0.585. The summed E-state index contributed by atoms with van der Waals surface area (Å²) in [4.78, 5) is 25.0. The van der Waals surface area contributed by atoms with Crippen molar-refractivity contribution in [2.45, 2.75) is 13.3 Å². The van der Waals surface area contributed by atoms with Crippen LogP contribution in [-0.2, 0) is 0 Å². The first-order valence-corrected chi connectivity index (χ1v) is 3.99. The van der Waals surface area contributed by atoms with Gasteiger partial charge in [-0.1, -0.05) is 6.92 Å². The minimum Gasteiger partial charge on any atom is -0.476 e. The van der Waals surface area contributed by atoms with E-state index in [1.54, 1.807) is 6.92 Å². The molecule has 74 valence electrons. The lowest BCUT2D eigenvalue weighted by molar-refractivity contribution is 0.0683. The molecule has 1 rings (SSSR count). The molecule has 1 aromatic heterocycles. The topological polar surface area (TPSA) is 67.3 Å². The van der Waals surface area contributed by atoms with Gasteiger partial charge in [0.05, 0.1) is 5.56 Å². The highest BCUT2D eigenvalue weighted by molar-refractivity contribution is 6.04.